The van der Waals surface area contributed by atoms with E-state index in [4.69, 9.17) is 9.47 Å². The molecule has 0 radical (unpaired) electrons. The van der Waals surface area contributed by atoms with Crippen molar-refractivity contribution in [3.8, 4) is 5.75 Å². The number of rotatable bonds is 10. The molecule has 0 heterocycles. The second kappa shape index (κ2) is 12.1. The normalized spacial score (nSPS) is 10.7. The smallest absolute Gasteiger partial charge is 0.387 e. The molecule has 0 bridgehead atoms. The van der Waals surface area contributed by atoms with Crippen molar-refractivity contribution in [3.05, 3.63) is 66.2 Å². The van der Waals surface area contributed by atoms with Gasteiger partial charge >= 0.3 is 18.6 Å². The topological polar surface area (TPSA) is 82.1 Å². The van der Waals surface area contributed by atoms with E-state index >= 15 is 0 Å². The maximum atomic E-state index is 12.5. The first kappa shape index (κ1) is 23.5. The minimum absolute atomic E-state index is 0.0112. The molecule has 7 nitrogen and oxygen atoms in total. The number of halogens is 2. The molecule has 0 unspecified atom stereocenters. The Kier molecular flexibility index (Phi) is 9.15. The number of carbonyl (C=O) groups excluding carboxylic acids is 3. The van der Waals surface area contributed by atoms with Gasteiger partial charge < -0.3 is 14.2 Å². The summed E-state index contributed by atoms with van der Waals surface area (Å²) in [6, 6.07) is 14.0. The Balaban J connectivity index is 1.94. The molecule has 0 aliphatic heterocycles. The molecule has 2 aromatic carbocycles. The number of benzene rings is 2. The van der Waals surface area contributed by atoms with E-state index in [-0.39, 0.29) is 18.9 Å². The zero-order valence-electron chi connectivity index (χ0n) is 16.7. The van der Waals surface area contributed by atoms with Crippen molar-refractivity contribution in [2.75, 3.05) is 24.7 Å². The predicted molar refractivity (Wildman–Crippen MR) is 108 cm³/mol. The Hall–Kier alpha value is -3.75. The van der Waals surface area contributed by atoms with E-state index in [1.807, 2.05) is 0 Å². The molecule has 0 aliphatic rings. The molecule has 9 heteroatoms. The highest BCUT2D eigenvalue weighted by Gasteiger charge is 2.20. The van der Waals surface area contributed by atoms with Crippen molar-refractivity contribution in [2.45, 2.75) is 13.5 Å². The van der Waals surface area contributed by atoms with Crippen LogP contribution >= 0.6 is 0 Å². The number of nitrogens with zero attached hydrogens (tertiary/aromatic N) is 1. The van der Waals surface area contributed by atoms with Crippen LogP contribution in [0.4, 0.5) is 14.5 Å². The lowest BCUT2D eigenvalue weighted by molar-refractivity contribution is -0.144. The highest BCUT2D eigenvalue weighted by atomic mass is 19.3. The quantitative estimate of drug-likeness (QED) is 0.422. The zero-order chi connectivity index (χ0) is 22.6. The average molecular weight is 433 g/mol. The second-order valence-electron chi connectivity index (χ2n) is 6.01. The number of hydrogen-bond acceptors (Lipinski definition) is 6. The fourth-order valence-corrected chi connectivity index (χ4v) is 2.45. The lowest BCUT2D eigenvalue weighted by Gasteiger charge is -2.21. The molecule has 164 valence electrons. The number of esters is 2. The molecule has 0 saturated heterocycles. The van der Waals surface area contributed by atoms with Gasteiger partial charge in [0.2, 0.25) is 0 Å². The lowest BCUT2D eigenvalue weighted by atomic mass is 10.2. The Bertz CT molecular complexity index is 900. The first-order valence-corrected chi connectivity index (χ1v) is 9.29. The lowest BCUT2D eigenvalue weighted by Crippen LogP contribution is -2.39. The van der Waals surface area contributed by atoms with Gasteiger partial charge in [-0.3, -0.25) is 14.5 Å². The molecule has 0 N–H and O–H groups in total. The van der Waals surface area contributed by atoms with Crippen LogP contribution < -0.4 is 9.64 Å². The van der Waals surface area contributed by atoms with Gasteiger partial charge in [0.1, 0.15) is 12.3 Å². The first-order valence-electron chi connectivity index (χ1n) is 9.29. The SMILES string of the molecule is CCOC(=O)CN(C(=O)COC(=O)/C=C/c1ccc(OC(F)F)cc1)c1ccccc1. The van der Waals surface area contributed by atoms with Crippen LogP contribution in [-0.4, -0.2) is 44.2 Å². The van der Waals surface area contributed by atoms with Crippen LogP contribution in [0.1, 0.15) is 12.5 Å². The number of para-hydroxylation sites is 1. The summed E-state index contributed by atoms with van der Waals surface area (Å²) in [6.07, 6.45) is 2.49. The van der Waals surface area contributed by atoms with Gasteiger partial charge in [-0.2, -0.15) is 8.78 Å². The molecule has 1 amide bonds. The molecule has 0 saturated carbocycles. The van der Waals surface area contributed by atoms with Gasteiger partial charge in [-0.05, 0) is 42.8 Å². The third-order valence-electron chi connectivity index (χ3n) is 3.82. The fourth-order valence-electron chi connectivity index (χ4n) is 2.45. The van der Waals surface area contributed by atoms with Crippen LogP contribution in [0.25, 0.3) is 6.08 Å². The van der Waals surface area contributed by atoms with Crippen molar-refractivity contribution < 1.29 is 37.4 Å². The maximum absolute atomic E-state index is 12.5. The molecular weight excluding hydrogens is 412 g/mol. The summed E-state index contributed by atoms with van der Waals surface area (Å²) in [6.45, 7) is -2.01. The zero-order valence-corrected chi connectivity index (χ0v) is 16.7. The van der Waals surface area contributed by atoms with Crippen LogP contribution in [0.2, 0.25) is 0 Å². The van der Waals surface area contributed by atoms with E-state index in [1.165, 1.54) is 30.3 Å². The van der Waals surface area contributed by atoms with Gasteiger partial charge in [0.15, 0.2) is 6.61 Å². The van der Waals surface area contributed by atoms with Gasteiger partial charge in [-0.25, -0.2) is 4.79 Å². The number of amides is 1. The maximum Gasteiger partial charge on any atom is 0.387 e. The van der Waals surface area contributed by atoms with Crippen LogP contribution in [0.5, 0.6) is 5.75 Å². The van der Waals surface area contributed by atoms with Gasteiger partial charge in [-0.15, -0.1) is 0 Å². The molecule has 0 atom stereocenters. The van der Waals surface area contributed by atoms with Crippen LogP contribution in [-0.2, 0) is 23.9 Å². The first-order chi connectivity index (χ1) is 14.9. The van der Waals surface area contributed by atoms with Crippen molar-refractivity contribution in [1.82, 2.24) is 0 Å². The number of ether oxygens (including phenoxy) is 3. The molecule has 2 rings (SSSR count). The Morgan fingerprint density at radius 3 is 2.29 bits per heavy atom. The highest BCUT2D eigenvalue weighted by Crippen LogP contribution is 2.16. The summed E-state index contributed by atoms with van der Waals surface area (Å²) < 4.78 is 38.4. The molecule has 0 aromatic heterocycles. The highest BCUT2D eigenvalue weighted by molar-refractivity contribution is 5.99. The van der Waals surface area contributed by atoms with Crippen molar-refractivity contribution >= 4 is 29.6 Å². The van der Waals surface area contributed by atoms with Gasteiger partial charge in [0.25, 0.3) is 5.91 Å². The molecule has 0 fully saturated rings. The Morgan fingerprint density at radius 2 is 1.68 bits per heavy atom. The largest absolute Gasteiger partial charge is 0.465 e. The molecular formula is C22H21F2NO6. The van der Waals surface area contributed by atoms with E-state index in [2.05, 4.69) is 4.74 Å². The molecule has 0 spiro atoms. The predicted octanol–water partition coefficient (Wildman–Crippen LogP) is 3.44. The summed E-state index contributed by atoms with van der Waals surface area (Å²) in [5.74, 6) is -1.99. The summed E-state index contributed by atoms with van der Waals surface area (Å²) in [5.41, 5.74) is 0.997. The Morgan fingerprint density at radius 1 is 1.00 bits per heavy atom. The monoisotopic (exact) mass is 433 g/mol. The fraction of sp³-hybridized carbons (Fsp3) is 0.227. The van der Waals surface area contributed by atoms with E-state index in [0.717, 1.165) is 11.0 Å². The van der Waals surface area contributed by atoms with Crippen molar-refractivity contribution in [2.24, 2.45) is 0 Å². The van der Waals surface area contributed by atoms with E-state index in [9.17, 15) is 23.2 Å². The third kappa shape index (κ3) is 8.25. The number of alkyl halides is 2. The third-order valence-corrected chi connectivity index (χ3v) is 3.82. The van der Waals surface area contributed by atoms with Gasteiger partial charge in [0.05, 0.1) is 6.61 Å². The second-order valence-corrected chi connectivity index (χ2v) is 6.01. The standard InChI is InChI=1S/C22H21F2NO6/c1-2-29-21(28)14-25(17-6-4-3-5-7-17)19(26)15-30-20(27)13-10-16-8-11-18(12-9-16)31-22(23)24/h3-13,22H,2,14-15H2,1H3/b13-10+. The van der Waals surface area contributed by atoms with E-state index in [1.54, 1.807) is 37.3 Å². The summed E-state index contributed by atoms with van der Waals surface area (Å²) in [4.78, 5) is 37.4. The van der Waals surface area contributed by atoms with E-state index < -0.39 is 31.1 Å². The molecule has 0 aliphatic carbocycles. The van der Waals surface area contributed by atoms with Crippen molar-refractivity contribution in [3.63, 3.8) is 0 Å². The summed E-state index contributed by atoms with van der Waals surface area (Å²) >= 11 is 0. The van der Waals surface area contributed by atoms with Crippen LogP contribution in [0.15, 0.2) is 60.7 Å². The molecule has 31 heavy (non-hydrogen) atoms. The minimum Gasteiger partial charge on any atom is -0.465 e. The van der Waals surface area contributed by atoms with Crippen LogP contribution in [0, 0.1) is 0 Å². The summed E-state index contributed by atoms with van der Waals surface area (Å²) in [5, 5.41) is 0. The Labute approximate surface area is 177 Å². The van der Waals surface area contributed by atoms with Crippen LogP contribution in [0.3, 0.4) is 0 Å². The average Bonchev–Trinajstić information content (AvgIpc) is 2.75. The minimum atomic E-state index is -2.92. The number of hydrogen-bond donors (Lipinski definition) is 0. The van der Waals surface area contributed by atoms with Gasteiger partial charge in [-0.1, -0.05) is 30.3 Å². The number of anilines is 1. The summed E-state index contributed by atoms with van der Waals surface area (Å²) in [7, 11) is 0. The van der Waals surface area contributed by atoms with Gasteiger partial charge in [0, 0.05) is 11.8 Å². The van der Waals surface area contributed by atoms with E-state index in [0.29, 0.717) is 11.3 Å². The number of carbonyl (C=O) groups is 3. The molecule has 2 aromatic rings. The van der Waals surface area contributed by atoms with Crippen molar-refractivity contribution in [1.29, 1.82) is 0 Å².